The second-order valence-electron chi connectivity index (χ2n) is 6.93. The normalized spacial score (nSPS) is 16.3. The molecule has 2 heterocycles. The van der Waals surface area contributed by atoms with E-state index < -0.39 is 0 Å². The highest BCUT2D eigenvalue weighted by Gasteiger charge is 2.19. The number of fused-ring (bicyclic) bond motifs is 1. The van der Waals surface area contributed by atoms with Crippen molar-refractivity contribution in [3.63, 3.8) is 0 Å². The van der Waals surface area contributed by atoms with Gasteiger partial charge in [-0.15, -0.1) is 0 Å². The van der Waals surface area contributed by atoms with E-state index in [9.17, 15) is 0 Å². The number of imidazole rings is 1. The molecule has 0 amide bonds. The summed E-state index contributed by atoms with van der Waals surface area (Å²) in [6.07, 6.45) is 0. The summed E-state index contributed by atoms with van der Waals surface area (Å²) in [5, 5.41) is 9.11. The van der Waals surface area contributed by atoms with Gasteiger partial charge in [0.25, 0.3) is 0 Å². The van der Waals surface area contributed by atoms with E-state index in [1.807, 2.05) is 0 Å². The molecule has 4 rings (SSSR count). The first kappa shape index (κ1) is 17.2. The summed E-state index contributed by atoms with van der Waals surface area (Å²) in [4.78, 5) is 9.72. The van der Waals surface area contributed by atoms with Gasteiger partial charge in [0, 0.05) is 39.3 Å². The van der Waals surface area contributed by atoms with Gasteiger partial charge in [0.15, 0.2) is 0 Å². The van der Waals surface area contributed by atoms with E-state index in [2.05, 4.69) is 69.0 Å². The fourth-order valence-corrected chi connectivity index (χ4v) is 3.70. The van der Waals surface area contributed by atoms with Gasteiger partial charge in [-0.25, -0.2) is 4.98 Å². The lowest BCUT2D eigenvalue weighted by molar-refractivity contribution is 0.106. The molecule has 0 spiro atoms. The molecule has 0 bridgehead atoms. The largest absolute Gasteiger partial charge is 0.395 e. The minimum atomic E-state index is 0.243. The topological polar surface area (TPSA) is 44.5 Å². The van der Waals surface area contributed by atoms with Crippen molar-refractivity contribution in [3.05, 3.63) is 66.0 Å². The lowest BCUT2D eigenvalue weighted by atomic mass is 10.2. The Labute approximate surface area is 154 Å². The molecule has 0 radical (unpaired) electrons. The molecule has 2 aromatic carbocycles. The van der Waals surface area contributed by atoms with Crippen LogP contribution in [0, 0.1) is 0 Å². The third-order valence-electron chi connectivity index (χ3n) is 5.16. The zero-order valence-electron chi connectivity index (χ0n) is 15.1. The second kappa shape index (κ2) is 7.99. The van der Waals surface area contributed by atoms with Crippen molar-refractivity contribution in [1.29, 1.82) is 0 Å². The third-order valence-corrected chi connectivity index (χ3v) is 5.16. The van der Waals surface area contributed by atoms with Crippen molar-refractivity contribution < 1.29 is 5.11 Å². The number of rotatable bonds is 6. The highest BCUT2D eigenvalue weighted by molar-refractivity contribution is 5.76. The first-order chi connectivity index (χ1) is 12.8. The Kier molecular flexibility index (Phi) is 5.29. The molecule has 1 saturated heterocycles. The maximum atomic E-state index is 9.11. The minimum Gasteiger partial charge on any atom is -0.395 e. The van der Waals surface area contributed by atoms with Crippen molar-refractivity contribution in [2.75, 3.05) is 39.3 Å². The average molecular weight is 350 g/mol. The Morgan fingerprint density at radius 2 is 1.50 bits per heavy atom. The van der Waals surface area contributed by atoms with Crippen LogP contribution >= 0.6 is 0 Å². The van der Waals surface area contributed by atoms with Crippen LogP contribution in [0.5, 0.6) is 0 Å². The molecule has 1 aromatic heterocycles. The lowest BCUT2D eigenvalue weighted by Gasteiger charge is -2.34. The van der Waals surface area contributed by atoms with Crippen molar-refractivity contribution in [1.82, 2.24) is 19.4 Å². The number of aliphatic hydroxyl groups excluding tert-OH is 1. The Bertz CT molecular complexity index is 838. The predicted octanol–water partition coefficient (Wildman–Crippen LogP) is 2.19. The molecule has 1 fully saturated rings. The van der Waals surface area contributed by atoms with Gasteiger partial charge < -0.3 is 9.67 Å². The molecule has 0 saturated carbocycles. The molecule has 5 heteroatoms. The standard InChI is InChI=1S/C21H26N4O/c26-15-14-23-10-12-24(13-11-23)17-21-22-19-8-4-5-9-20(19)25(21)16-18-6-2-1-3-7-18/h1-9,26H,10-17H2. The van der Waals surface area contributed by atoms with Crippen LogP contribution in [0.25, 0.3) is 11.0 Å². The number of β-amino-alcohol motifs (C(OH)–C–C–N with tert-alkyl or cyclic N) is 1. The Morgan fingerprint density at radius 1 is 0.808 bits per heavy atom. The van der Waals surface area contributed by atoms with Crippen molar-refractivity contribution in [2.24, 2.45) is 0 Å². The van der Waals surface area contributed by atoms with Crippen molar-refractivity contribution >= 4 is 11.0 Å². The van der Waals surface area contributed by atoms with Gasteiger partial charge in [0.05, 0.1) is 24.2 Å². The number of nitrogens with zero attached hydrogens (tertiary/aromatic N) is 4. The summed E-state index contributed by atoms with van der Waals surface area (Å²) in [7, 11) is 0. The SMILES string of the molecule is OCCN1CCN(Cc2nc3ccccc3n2Cc2ccccc2)CC1. The van der Waals surface area contributed by atoms with Crippen LogP contribution in [0.2, 0.25) is 0 Å². The molecule has 136 valence electrons. The van der Waals surface area contributed by atoms with Crippen LogP contribution < -0.4 is 0 Å². The summed E-state index contributed by atoms with van der Waals surface area (Å²) in [6.45, 7) is 6.81. The molecule has 0 atom stereocenters. The Hall–Kier alpha value is -2.21. The zero-order chi connectivity index (χ0) is 17.8. The van der Waals surface area contributed by atoms with Gasteiger partial charge in [-0.2, -0.15) is 0 Å². The predicted molar refractivity (Wildman–Crippen MR) is 104 cm³/mol. The molecule has 1 N–H and O–H groups in total. The lowest BCUT2D eigenvalue weighted by Crippen LogP contribution is -2.46. The van der Waals surface area contributed by atoms with Gasteiger partial charge in [0.2, 0.25) is 0 Å². The van der Waals surface area contributed by atoms with E-state index in [1.165, 1.54) is 11.1 Å². The van der Waals surface area contributed by atoms with Gasteiger partial charge in [0.1, 0.15) is 5.82 Å². The smallest absolute Gasteiger partial charge is 0.124 e. The van der Waals surface area contributed by atoms with Crippen LogP contribution in [0.4, 0.5) is 0 Å². The number of para-hydroxylation sites is 2. The summed E-state index contributed by atoms with van der Waals surface area (Å²) >= 11 is 0. The highest BCUT2D eigenvalue weighted by atomic mass is 16.3. The molecule has 1 aliphatic rings. The monoisotopic (exact) mass is 350 g/mol. The first-order valence-corrected chi connectivity index (χ1v) is 9.37. The summed E-state index contributed by atoms with van der Waals surface area (Å²) < 4.78 is 2.35. The van der Waals surface area contributed by atoms with Crippen LogP contribution in [-0.2, 0) is 13.1 Å². The summed E-state index contributed by atoms with van der Waals surface area (Å²) in [5.74, 6) is 1.13. The number of piperazine rings is 1. The van der Waals surface area contributed by atoms with Crippen molar-refractivity contribution in [2.45, 2.75) is 13.1 Å². The van der Waals surface area contributed by atoms with E-state index in [0.717, 1.165) is 57.2 Å². The maximum absolute atomic E-state index is 9.11. The molecule has 0 unspecified atom stereocenters. The van der Waals surface area contributed by atoms with Crippen LogP contribution in [0.1, 0.15) is 11.4 Å². The highest BCUT2D eigenvalue weighted by Crippen LogP contribution is 2.19. The van der Waals surface area contributed by atoms with Gasteiger partial charge in [-0.1, -0.05) is 42.5 Å². The Balaban J connectivity index is 1.56. The molecular formula is C21H26N4O. The van der Waals surface area contributed by atoms with Gasteiger partial charge in [-0.05, 0) is 17.7 Å². The maximum Gasteiger partial charge on any atom is 0.124 e. The van der Waals surface area contributed by atoms with Crippen LogP contribution in [0.3, 0.4) is 0 Å². The van der Waals surface area contributed by atoms with Gasteiger partial charge in [-0.3, -0.25) is 9.80 Å². The molecule has 1 aliphatic heterocycles. The third kappa shape index (κ3) is 3.80. The Morgan fingerprint density at radius 3 is 2.27 bits per heavy atom. The minimum absolute atomic E-state index is 0.243. The number of benzene rings is 2. The number of aliphatic hydroxyl groups is 1. The molecular weight excluding hydrogens is 324 g/mol. The first-order valence-electron chi connectivity index (χ1n) is 9.37. The van der Waals surface area contributed by atoms with E-state index >= 15 is 0 Å². The van der Waals surface area contributed by atoms with E-state index in [1.54, 1.807) is 0 Å². The fraction of sp³-hybridized carbons (Fsp3) is 0.381. The number of hydrogen-bond donors (Lipinski definition) is 1. The zero-order valence-corrected chi connectivity index (χ0v) is 15.1. The molecule has 3 aromatic rings. The summed E-state index contributed by atoms with van der Waals surface area (Å²) in [6, 6.07) is 19.0. The van der Waals surface area contributed by atoms with Crippen LogP contribution in [-0.4, -0.2) is 63.8 Å². The molecule has 26 heavy (non-hydrogen) atoms. The fourth-order valence-electron chi connectivity index (χ4n) is 3.70. The molecule has 0 aliphatic carbocycles. The quantitative estimate of drug-likeness (QED) is 0.740. The molecule has 5 nitrogen and oxygen atoms in total. The second-order valence-corrected chi connectivity index (χ2v) is 6.93. The van der Waals surface area contributed by atoms with E-state index in [-0.39, 0.29) is 6.61 Å². The number of hydrogen-bond acceptors (Lipinski definition) is 4. The number of aromatic nitrogens is 2. The van der Waals surface area contributed by atoms with Crippen LogP contribution in [0.15, 0.2) is 54.6 Å². The summed E-state index contributed by atoms with van der Waals surface area (Å²) in [5.41, 5.74) is 3.56. The van der Waals surface area contributed by atoms with E-state index in [4.69, 9.17) is 10.1 Å². The van der Waals surface area contributed by atoms with Gasteiger partial charge >= 0.3 is 0 Å². The van der Waals surface area contributed by atoms with E-state index in [0.29, 0.717) is 0 Å². The van der Waals surface area contributed by atoms with Crippen molar-refractivity contribution in [3.8, 4) is 0 Å². The average Bonchev–Trinajstić information content (AvgIpc) is 3.02.